The average molecular weight is 271 g/mol. The zero-order valence-corrected chi connectivity index (χ0v) is 9.64. The minimum Gasteiger partial charge on any atom is -0.476 e. The number of alkyl halides is 3. The summed E-state index contributed by atoms with van der Waals surface area (Å²) < 4.78 is 38.3. The van der Waals surface area contributed by atoms with E-state index in [1.807, 2.05) is 0 Å². The lowest BCUT2D eigenvalue weighted by molar-refractivity contribution is -0.140. The molecule has 0 amide bonds. The topological polar surface area (TPSA) is 68.0 Å². The third kappa shape index (κ3) is 2.56. The molecule has 0 aliphatic heterocycles. The van der Waals surface area contributed by atoms with Gasteiger partial charge in [0.25, 0.3) is 0 Å². The van der Waals surface area contributed by atoms with Crippen molar-refractivity contribution in [2.24, 2.45) is 0 Å². The lowest BCUT2D eigenvalue weighted by Gasteiger charge is -2.06. The van der Waals surface area contributed by atoms with Gasteiger partial charge in [-0.15, -0.1) is 0 Å². The Bertz CT molecular complexity index is 634. The predicted octanol–water partition coefficient (Wildman–Crippen LogP) is 2.29. The summed E-state index contributed by atoms with van der Waals surface area (Å²) >= 11 is 0. The highest BCUT2D eigenvalue weighted by Crippen LogP contribution is 2.28. The van der Waals surface area contributed by atoms with Crippen LogP contribution >= 0.6 is 0 Å². The van der Waals surface area contributed by atoms with Crippen LogP contribution < -0.4 is 0 Å². The van der Waals surface area contributed by atoms with Crippen LogP contribution in [0.15, 0.2) is 24.7 Å². The molecule has 0 fully saturated rings. The first-order valence-electron chi connectivity index (χ1n) is 5.11. The smallest absolute Gasteiger partial charge is 0.434 e. The molecule has 1 N–H and O–H groups in total. The number of rotatable bonds is 2. The molecule has 0 aliphatic rings. The molecule has 0 aliphatic carbocycles. The van der Waals surface area contributed by atoms with Crippen LogP contribution in [0.4, 0.5) is 13.2 Å². The maximum atomic E-state index is 12.4. The molecule has 0 unspecified atom stereocenters. The Morgan fingerprint density at radius 3 is 2.58 bits per heavy atom. The SMILES string of the molecule is Cc1ccc(-n2cnc(C(F)(F)F)c2)c(C(=O)O)n1. The number of halogens is 3. The Labute approximate surface area is 105 Å². The van der Waals surface area contributed by atoms with E-state index >= 15 is 0 Å². The second kappa shape index (κ2) is 4.38. The van der Waals surface area contributed by atoms with Gasteiger partial charge in [0.05, 0.1) is 12.0 Å². The molecule has 8 heteroatoms. The van der Waals surface area contributed by atoms with E-state index in [0.29, 0.717) is 5.69 Å². The summed E-state index contributed by atoms with van der Waals surface area (Å²) in [5.74, 6) is -1.32. The molecule has 2 aromatic rings. The van der Waals surface area contributed by atoms with Gasteiger partial charge < -0.3 is 9.67 Å². The summed E-state index contributed by atoms with van der Waals surface area (Å²) in [6, 6.07) is 2.89. The van der Waals surface area contributed by atoms with E-state index in [2.05, 4.69) is 9.97 Å². The van der Waals surface area contributed by atoms with Crippen LogP contribution in [-0.4, -0.2) is 25.6 Å². The van der Waals surface area contributed by atoms with Crippen LogP contribution in [0.1, 0.15) is 21.9 Å². The maximum absolute atomic E-state index is 12.4. The minimum atomic E-state index is -4.58. The average Bonchev–Trinajstić information content (AvgIpc) is 2.77. The molecule has 100 valence electrons. The molecule has 2 rings (SSSR count). The van der Waals surface area contributed by atoms with Gasteiger partial charge in [-0.3, -0.25) is 0 Å². The molecule has 0 radical (unpaired) electrons. The summed E-state index contributed by atoms with van der Waals surface area (Å²) in [7, 11) is 0. The van der Waals surface area contributed by atoms with Crippen molar-refractivity contribution in [1.82, 2.24) is 14.5 Å². The first-order chi connectivity index (χ1) is 8.79. The fourth-order valence-corrected chi connectivity index (χ4v) is 1.52. The molecular weight excluding hydrogens is 263 g/mol. The van der Waals surface area contributed by atoms with E-state index in [0.717, 1.165) is 17.1 Å². The lowest BCUT2D eigenvalue weighted by atomic mass is 10.2. The molecule has 0 saturated heterocycles. The summed E-state index contributed by atoms with van der Waals surface area (Å²) in [5.41, 5.74) is -0.936. The highest BCUT2D eigenvalue weighted by Gasteiger charge is 2.33. The van der Waals surface area contributed by atoms with Crippen molar-refractivity contribution in [1.29, 1.82) is 0 Å². The van der Waals surface area contributed by atoms with Gasteiger partial charge in [0.15, 0.2) is 11.4 Å². The van der Waals surface area contributed by atoms with Gasteiger partial charge in [0, 0.05) is 11.9 Å². The van der Waals surface area contributed by atoms with E-state index < -0.39 is 17.8 Å². The highest BCUT2D eigenvalue weighted by atomic mass is 19.4. The largest absolute Gasteiger partial charge is 0.476 e. The van der Waals surface area contributed by atoms with Gasteiger partial charge in [0.2, 0.25) is 0 Å². The van der Waals surface area contributed by atoms with Gasteiger partial charge >= 0.3 is 12.1 Å². The van der Waals surface area contributed by atoms with E-state index in [9.17, 15) is 18.0 Å². The zero-order chi connectivity index (χ0) is 14.2. The van der Waals surface area contributed by atoms with Crippen molar-refractivity contribution in [2.75, 3.05) is 0 Å². The molecular formula is C11H8F3N3O2. The number of aryl methyl sites for hydroxylation is 1. The zero-order valence-electron chi connectivity index (χ0n) is 9.64. The Hall–Kier alpha value is -2.38. The van der Waals surface area contributed by atoms with Crippen molar-refractivity contribution in [3.05, 3.63) is 41.7 Å². The van der Waals surface area contributed by atoms with Crippen molar-refractivity contribution < 1.29 is 23.1 Å². The molecule has 19 heavy (non-hydrogen) atoms. The van der Waals surface area contributed by atoms with Gasteiger partial charge in [-0.1, -0.05) is 0 Å². The van der Waals surface area contributed by atoms with E-state index in [4.69, 9.17) is 5.11 Å². The number of aromatic carboxylic acids is 1. The Morgan fingerprint density at radius 2 is 2.05 bits per heavy atom. The third-order valence-corrected chi connectivity index (χ3v) is 2.37. The molecule has 5 nitrogen and oxygen atoms in total. The Balaban J connectivity index is 2.53. The Morgan fingerprint density at radius 1 is 1.37 bits per heavy atom. The lowest BCUT2D eigenvalue weighted by Crippen LogP contribution is -2.08. The molecule has 2 heterocycles. The van der Waals surface area contributed by atoms with Crippen LogP contribution in [0.25, 0.3) is 5.69 Å². The normalized spacial score (nSPS) is 11.6. The van der Waals surface area contributed by atoms with Gasteiger partial charge in [-0.2, -0.15) is 13.2 Å². The predicted molar refractivity (Wildman–Crippen MR) is 58.1 cm³/mol. The summed E-state index contributed by atoms with van der Waals surface area (Å²) in [6.07, 6.45) is -2.95. The molecule has 0 aromatic carbocycles. The first-order valence-corrected chi connectivity index (χ1v) is 5.11. The number of nitrogens with zero attached hydrogens (tertiary/aromatic N) is 3. The number of hydrogen-bond acceptors (Lipinski definition) is 3. The van der Waals surface area contributed by atoms with Crippen LogP contribution in [0, 0.1) is 6.92 Å². The number of carboxylic acid groups (broad SMARTS) is 1. The number of carboxylic acids is 1. The fraction of sp³-hybridized carbons (Fsp3) is 0.182. The van der Waals surface area contributed by atoms with Crippen molar-refractivity contribution in [3.8, 4) is 5.69 Å². The maximum Gasteiger partial charge on any atom is 0.434 e. The quantitative estimate of drug-likeness (QED) is 0.909. The number of pyridine rings is 1. The number of aromatic nitrogens is 3. The van der Waals surface area contributed by atoms with Crippen molar-refractivity contribution >= 4 is 5.97 Å². The molecule has 0 saturated carbocycles. The molecule has 0 bridgehead atoms. The second-order valence-electron chi connectivity index (χ2n) is 3.79. The summed E-state index contributed by atoms with van der Waals surface area (Å²) in [4.78, 5) is 18.0. The minimum absolute atomic E-state index is 0.0288. The van der Waals surface area contributed by atoms with E-state index in [1.54, 1.807) is 6.92 Å². The number of imidazole rings is 1. The van der Waals surface area contributed by atoms with Crippen molar-refractivity contribution in [2.45, 2.75) is 13.1 Å². The Kier molecular flexibility index (Phi) is 3.01. The van der Waals surface area contributed by atoms with Crippen LogP contribution in [-0.2, 0) is 6.18 Å². The van der Waals surface area contributed by atoms with E-state index in [-0.39, 0.29) is 11.4 Å². The van der Waals surface area contributed by atoms with Crippen LogP contribution in [0.5, 0.6) is 0 Å². The third-order valence-electron chi connectivity index (χ3n) is 2.37. The van der Waals surface area contributed by atoms with Crippen LogP contribution in [0.3, 0.4) is 0 Å². The first kappa shape index (κ1) is 13.1. The molecule has 0 atom stereocenters. The van der Waals surface area contributed by atoms with Gasteiger partial charge in [0.1, 0.15) is 0 Å². The van der Waals surface area contributed by atoms with Gasteiger partial charge in [-0.25, -0.2) is 14.8 Å². The summed E-state index contributed by atoms with van der Waals surface area (Å²) in [5, 5.41) is 9.00. The molecule has 2 aromatic heterocycles. The summed E-state index contributed by atoms with van der Waals surface area (Å²) in [6.45, 7) is 1.59. The monoisotopic (exact) mass is 271 g/mol. The second-order valence-corrected chi connectivity index (χ2v) is 3.79. The number of carbonyl (C=O) groups is 1. The fourth-order valence-electron chi connectivity index (χ4n) is 1.52. The van der Waals surface area contributed by atoms with Gasteiger partial charge in [-0.05, 0) is 19.1 Å². The highest BCUT2D eigenvalue weighted by molar-refractivity contribution is 5.89. The van der Waals surface area contributed by atoms with Crippen molar-refractivity contribution in [3.63, 3.8) is 0 Å². The standard InChI is InChI=1S/C11H8F3N3O2/c1-6-2-3-7(9(16-6)10(18)19)17-4-8(15-5-17)11(12,13)14/h2-5H,1H3,(H,18,19). The van der Waals surface area contributed by atoms with Crippen LogP contribution in [0.2, 0.25) is 0 Å². The molecule has 0 spiro atoms. The van der Waals surface area contributed by atoms with E-state index in [1.165, 1.54) is 12.1 Å². The number of hydrogen-bond donors (Lipinski definition) is 1.